The van der Waals surface area contributed by atoms with Crippen molar-refractivity contribution < 1.29 is 9.53 Å². The molecule has 0 saturated carbocycles. The van der Waals surface area contributed by atoms with E-state index in [4.69, 9.17) is 4.74 Å². The van der Waals surface area contributed by atoms with Crippen molar-refractivity contribution >= 4 is 6.09 Å². The number of ether oxygens (including phenoxy) is 1. The number of rotatable bonds is 2. The van der Waals surface area contributed by atoms with E-state index >= 15 is 0 Å². The van der Waals surface area contributed by atoms with Crippen molar-refractivity contribution in [2.75, 3.05) is 13.1 Å². The summed E-state index contributed by atoms with van der Waals surface area (Å²) in [7, 11) is 0. The van der Waals surface area contributed by atoms with Gasteiger partial charge in [-0.2, -0.15) is 0 Å². The normalized spacial score (nSPS) is 21.4. The van der Waals surface area contributed by atoms with Crippen molar-refractivity contribution in [3.63, 3.8) is 0 Å². The number of piperidine rings is 1. The van der Waals surface area contributed by atoms with Crippen LogP contribution in [0.15, 0.2) is 5.29 Å². The largest absolute Gasteiger partial charge is 0.444 e. The summed E-state index contributed by atoms with van der Waals surface area (Å²) in [4.78, 5) is 21.8. The predicted molar refractivity (Wildman–Crippen MR) is 59.8 cm³/mol. The molecule has 0 spiro atoms. The zero-order valence-electron chi connectivity index (χ0n) is 10.0. The summed E-state index contributed by atoms with van der Waals surface area (Å²) in [6.45, 7) is 6.56. The Morgan fingerprint density at radius 3 is 2.75 bits per heavy atom. The molecule has 1 amide bonds. The molecule has 0 aromatic carbocycles. The van der Waals surface area contributed by atoms with Gasteiger partial charge in [0.05, 0.1) is 17.9 Å². The number of nitroso groups, excluding NO2 is 1. The van der Waals surface area contributed by atoms with E-state index < -0.39 is 11.7 Å². The van der Waals surface area contributed by atoms with Gasteiger partial charge in [0.1, 0.15) is 5.60 Å². The van der Waals surface area contributed by atoms with E-state index in [0.717, 1.165) is 12.8 Å². The van der Waals surface area contributed by atoms with Crippen LogP contribution >= 0.6 is 0 Å². The molecule has 1 saturated heterocycles. The molecule has 16 heavy (non-hydrogen) atoms. The molecule has 92 valence electrons. The highest BCUT2D eigenvalue weighted by Gasteiger charge is 2.23. The second kappa shape index (κ2) is 5.14. The van der Waals surface area contributed by atoms with Gasteiger partial charge in [-0.05, 0) is 33.6 Å². The van der Waals surface area contributed by atoms with Gasteiger partial charge in [-0.3, -0.25) is 5.01 Å². The zero-order valence-corrected chi connectivity index (χ0v) is 10.0. The number of hydrogen-bond acceptors (Lipinski definition) is 4. The van der Waals surface area contributed by atoms with Crippen LogP contribution in [0, 0.1) is 4.91 Å². The maximum Gasteiger partial charge on any atom is 0.407 e. The molecule has 0 radical (unpaired) electrons. The lowest BCUT2D eigenvalue weighted by atomic mass is 10.1. The second-order valence-electron chi connectivity index (χ2n) is 4.98. The lowest BCUT2D eigenvalue weighted by Crippen LogP contribution is -2.47. The minimum absolute atomic E-state index is 0.0544. The second-order valence-corrected chi connectivity index (χ2v) is 4.98. The molecular formula is C10H19N3O3. The van der Waals surface area contributed by atoms with Crippen LogP contribution in [-0.2, 0) is 4.74 Å². The van der Waals surface area contributed by atoms with Crippen molar-refractivity contribution in [2.45, 2.75) is 45.3 Å². The monoisotopic (exact) mass is 229 g/mol. The number of nitrogens with zero attached hydrogens (tertiary/aromatic N) is 2. The summed E-state index contributed by atoms with van der Waals surface area (Å²) in [5.41, 5.74) is -0.499. The maximum atomic E-state index is 11.5. The number of carbonyl (C=O) groups is 1. The predicted octanol–water partition coefficient (Wildman–Crippen LogP) is 1.66. The molecule has 1 unspecified atom stereocenters. The first-order chi connectivity index (χ1) is 7.40. The Morgan fingerprint density at radius 1 is 1.50 bits per heavy atom. The van der Waals surface area contributed by atoms with Crippen LogP contribution in [0.2, 0.25) is 0 Å². The lowest BCUT2D eigenvalue weighted by molar-refractivity contribution is 0.0473. The van der Waals surface area contributed by atoms with Crippen molar-refractivity contribution in [3.8, 4) is 0 Å². The molecule has 1 aliphatic heterocycles. The Kier molecular flexibility index (Phi) is 4.09. The van der Waals surface area contributed by atoms with Gasteiger partial charge in [0.15, 0.2) is 0 Å². The molecule has 1 atom stereocenters. The van der Waals surface area contributed by atoms with Crippen molar-refractivity contribution in [1.29, 1.82) is 0 Å². The summed E-state index contributed by atoms with van der Waals surface area (Å²) in [5.74, 6) is 0. The number of nitrogens with one attached hydrogen (secondary N) is 1. The Labute approximate surface area is 95.3 Å². The molecule has 0 aromatic heterocycles. The lowest BCUT2D eigenvalue weighted by Gasteiger charge is -2.29. The summed E-state index contributed by atoms with van der Waals surface area (Å²) in [5, 5.41) is 7.03. The average Bonchev–Trinajstić information content (AvgIpc) is 2.15. The highest BCUT2D eigenvalue weighted by Crippen LogP contribution is 2.12. The molecule has 0 aromatic rings. The van der Waals surface area contributed by atoms with Gasteiger partial charge in [-0.25, -0.2) is 4.79 Å². The van der Waals surface area contributed by atoms with Crippen LogP contribution in [0.4, 0.5) is 4.79 Å². The maximum absolute atomic E-state index is 11.5. The first-order valence-corrected chi connectivity index (χ1v) is 5.48. The third-order valence-electron chi connectivity index (χ3n) is 2.24. The van der Waals surface area contributed by atoms with Gasteiger partial charge in [-0.1, -0.05) is 0 Å². The van der Waals surface area contributed by atoms with Crippen LogP contribution in [-0.4, -0.2) is 35.8 Å². The third kappa shape index (κ3) is 4.46. The van der Waals surface area contributed by atoms with E-state index in [1.165, 1.54) is 5.01 Å². The molecule has 0 bridgehead atoms. The van der Waals surface area contributed by atoms with E-state index in [9.17, 15) is 9.70 Å². The van der Waals surface area contributed by atoms with Crippen LogP contribution in [0.1, 0.15) is 33.6 Å². The zero-order chi connectivity index (χ0) is 12.2. The van der Waals surface area contributed by atoms with Gasteiger partial charge in [0.25, 0.3) is 0 Å². The number of alkyl carbamates (subject to hydrolysis) is 1. The first-order valence-electron chi connectivity index (χ1n) is 5.48. The SMILES string of the molecule is CC(C)(C)OC(=O)NC1CCCN(N=O)C1. The standard InChI is InChI=1S/C10H19N3O3/c1-10(2,3)16-9(14)11-8-5-4-6-13(7-8)12-15/h8H,4-7H2,1-3H3,(H,11,14). The molecule has 1 aliphatic rings. The Bertz CT molecular complexity index is 263. The van der Waals surface area contributed by atoms with Crippen LogP contribution in [0.3, 0.4) is 0 Å². The molecule has 0 aliphatic carbocycles. The van der Waals surface area contributed by atoms with Crippen molar-refractivity contribution in [1.82, 2.24) is 10.3 Å². The smallest absolute Gasteiger partial charge is 0.407 e. The van der Waals surface area contributed by atoms with E-state index in [1.807, 2.05) is 20.8 Å². The van der Waals surface area contributed by atoms with Gasteiger partial charge in [0.2, 0.25) is 0 Å². The van der Waals surface area contributed by atoms with E-state index in [0.29, 0.717) is 13.1 Å². The van der Waals surface area contributed by atoms with Gasteiger partial charge < -0.3 is 10.1 Å². The van der Waals surface area contributed by atoms with Crippen LogP contribution in [0.5, 0.6) is 0 Å². The van der Waals surface area contributed by atoms with E-state index in [1.54, 1.807) is 0 Å². The van der Waals surface area contributed by atoms with E-state index in [2.05, 4.69) is 10.6 Å². The molecule has 1 N–H and O–H groups in total. The van der Waals surface area contributed by atoms with Gasteiger partial charge >= 0.3 is 6.09 Å². The summed E-state index contributed by atoms with van der Waals surface area (Å²) < 4.78 is 5.13. The minimum atomic E-state index is -0.499. The number of hydrogen-bond donors (Lipinski definition) is 1. The van der Waals surface area contributed by atoms with Crippen molar-refractivity contribution in [3.05, 3.63) is 4.91 Å². The summed E-state index contributed by atoms with van der Waals surface area (Å²) >= 11 is 0. The third-order valence-corrected chi connectivity index (χ3v) is 2.24. The molecule has 1 rings (SSSR count). The van der Waals surface area contributed by atoms with Crippen LogP contribution in [0.25, 0.3) is 0 Å². The van der Waals surface area contributed by atoms with E-state index in [-0.39, 0.29) is 6.04 Å². The highest BCUT2D eigenvalue weighted by molar-refractivity contribution is 5.68. The molecule has 1 heterocycles. The minimum Gasteiger partial charge on any atom is -0.444 e. The topological polar surface area (TPSA) is 71.0 Å². The first kappa shape index (κ1) is 12.7. The molecule has 1 fully saturated rings. The fourth-order valence-corrected chi connectivity index (χ4v) is 1.62. The summed E-state index contributed by atoms with van der Waals surface area (Å²) in [6.07, 6.45) is 1.27. The molecular weight excluding hydrogens is 210 g/mol. The fourth-order valence-electron chi connectivity index (χ4n) is 1.62. The average molecular weight is 229 g/mol. The summed E-state index contributed by atoms with van der Waals surface area (Å²) in [6, 6.07) is -0.0544. The van der Waals surface area contributed by atoms with Gasteiger partial charge in [0, 0.05) is 6.54 Å². The number of amides is 1. The van der Waals surface area contributed by atoms with Gasteiger partial charge in [-0.15, -0.1) is 4.91 Å². The quantitative estimate of drug-likeness (QED) is 0.731. The molecule has 6 heteroatoms. The molecule has 6 nitrogen and oxygen atoms in total. The van der Waals surface area contributed by atoms with Crippen molar-refractivity contribution in [2.24, 2.45) is 5.29 Å². The Hall–Kier alpha value is -1.33. The fraction of sp³-hybridized carbons (Fsp3) is 0.900. The van der Waals surface area contributed by atoms with Crippen LogP contribution < -0.4 is 5.32 Å². The Morgan fingerprint density at radius 2 is 2.19 bits per heavy atom. The Balaban J connectivity index is 2.36. The number of carbonyl (C=O) groups excluding carboxylic acids is 1. The highest BCUT2D eigenvalue weighted by atomic mass is 16.6.